The fourth-order valence-corrected chi connectivity index (χ4v) is 2.59. The van der Waals surface area contributed by atoms with Crippen molar-refractivity contribution in [1.29, 1.82) is 0 Å². The Bertz CT molecular complexity index is 873. The Morgan fingerprint density at radius 3 is 3.00 bits per heavy atom. The number of ether oxygens (including phenoxy) is 1. The first-order valence-electron chi connectivity index (χ1n) is 8.12. The summed E-state index contributed by atoms with van der Waals surface area (Å²) in [5, 5.41) is 3.17. The number of pyridine rings is 1. The number of nitrogens with zero attached hydrogens (tertiary/aromatic N) is 3. The summed E-state index contributed by atoms with van der Waals surface area (Å²) in [4.78, 5) is 36.4. The van der Waals surface area contributed by atoms with Gasteiger partial charge in [0.15, 0.2) is 0 Å². The lowest BCUT2D eigenvalue weighted by Crippen LogP contribution is -2.57. The Labute approximate surface area is 149 Å². The number of nitrogens with two attached hydrogens (primary N) is 1. The zero-order valence-electron chi connectivity index (χ0n) is 14.3. The zero-order valence-corrected chi connectivity index (χ0v) is 14.3. The van der Waals surface area contributed by atoms with Crippen LogP contribution in [0.5, 0.6) is 5.88 Å². The Balaban J connectivity index is 1.69. The van der Waals surface area contributed by atoms with Gasteiger partial charge < -0.3 is 25.7 Å². The lowest BCUT2D eigenvalue weighted by molar-refractivity contribution is -0.129. The molecule has 0 spiro atoms. The van der Waals surface area contributed by atoms with Crippen molar-refractivity contribution < 1.29 is 9.53 Å². The van der Waals surface area contributed by atoms with Crippen LogP contribution >= 0.6 is 0 Å². The highest BCUT2D eigenvalue weighted by Gasteiger charge is 2.29. The van der Waals surface area contributed by atoms with Crippen LogP contribution in [-0.2, 0) is 4.79 Å². The number of likely N-dealkylation sites (tertiary alicyclic amines) is 1. The molecule has 4 N–H and O–H groups in total. The van der Waals surface area contributed by atoms with Gasteiger partial charge in [0.2, 0.25) is 11.8 Å². The molecule has 9 nitrogen and oxygen atoms in total. The van der Waals surface area contributed by atoms with Crippen molar-refractivity contribution in [2.24, 2.45) is 5.73 Å². The monoisotopic (exact) mass is 356 g/mol. The van der Waals surface area contributed by atoms with Gasteiger partial charge in [-0.15, -0.1) is 0 Å². The van der Waals surface area contributed by atoms with Crippen LogP contribution in [0.4, 0.5) is 5.69 Å². The van der Waals surface area contributed by atoms with Crippen molar-refractivity contribution in [3.8, 4) is 17.1 Å². The Morgan fingerprint density at radius 1 is 1.46 bits per heavy atom. The smallest absolute Gasteiger partial charge is 0.271 e. The lowest BCUT2D eigenvalue weighted by atomic mass is 10.1. The minimum atomic E-state index is -0.234. The number of carbonyl (C=O) groups is 1. The van der Waals surface area contributed by atoms with E-state index in [0.717, 1.165) is 5.56 Å². The molecule has 3 heterocycles. The molecule has 1 amide bonds. The average molecular weight is 356 g/mol. The van der Waals surface area contributed by atoms with E-state index in [1.165, 1.54) is 19.5 Å². The third-order valence-electron chi connectivity index (χ3n) is 4.00. The van der Waals surface area contributed by atoms with Gasteiger partial charge in [-0.25, -0.2) is 9.97 Å². The number of amides is 1. The van der Waals surface area contributed by atoms with E-state index in [0.29, 0.717) is 36.9 Å². The summed E-state index contributed by atoms with van der Waals surface area (Å²) in [6.07, 6.45) is 6.07. The maximum absolute atomic E-state index is 12.1. The van der Waals surface area contributed by atoms with Gasteiger partial charge in [-0.2, -0.15) is 0 Å². The van der Waals surface area contributed by atoms with Gasteiger partial charge >= 0.3 is 0 Å². The van der Waals surface area contributed by atoms with E-state index < -0.39 is 0 Å². The summed E-state index contributed by atoms with van der Waals surface area (Å²) in [5.74, 6) is 0.360. The molecule has 1 aliphatic rings. The Morgan fingerprint density at radius 2 is 2.27 bits per heavy atom. The summed E-state index contributed by atoms with van der Waals surface area (Å²) in [7, 11) is 1.53. The highest BCUT2D eigenvalue weighted by Crippen LogP contribution is 2.21. The van der Waals surface area contributed by atoms with Crippen LogP contribution in [0.25, 0.3) is 11.3 Å². The number of carbonyl (C=O) groups excluding carboxylic acids is 1. The van der Waals surface area contributed by atoms with E-state index in [1.807, 2.05) is 0 Å². The van der Waals surface area contributed by atoms with Crippen LogP contribution in [0.2, 0.25) is 0 Å². The standard InChI is InChI=1S/C17H20N6O3/c1-26-15-6-13(20-10-21-15)11-5-14(17(25)19-7-11)22-12-8-23(9-12)16(24)3-2-4-18/h2-3,5-7,10,12,22H,4,8-9,18H2,1H3,(H,19,25). The molecule has 26 heavy (non-hydrogen) atoms. The zero-order chi connectivity index (χ0) is 18.5. The van der Waals surface area contributed by atoms with Crippen LogP contribution in [0.1, 0.15) is 0 Å². The number of aromatic nitrogens is 3. The minimum absolute atomic E-state index is 0.0153. The van der Waals surface area contributed by atoms with Crippen molar-refractivity contribution >= 4 is 11.6 Å². The van der Waals surface area contributed by atoms with Crippen LogP contribution in [-0.4, -0.2) is 58.5 Å². The highest BCUT2D eigenvalue weighted by atomic mass is 16.5. The molecule has 136 valence electrons. The molecule has 1 fully saturated rings. The van der Waals surface area contributed by atoms with Crippen molar-refractivity contribution in [2.45, 2.75) is 6.04 Å². The first-order chi connectivity index (χ1) is 12.6. The molecule has 9 heteroatoms. The van der Waals surface area contributed by atoms with Crippen molar-refractivity contribution in [3.05, 3.63) is 47.2 Å². The summed E-state index contributed by atoms with van der Waals surface area (Å²) >= 11 is 0. The molecular weight excluding hydrogens is 336 g/mol. The summed E-state index contributed by atoms with van der Waals surface area (Å²) < 4.78 is 5.09. The molecule has 2 aromatic heterocycles. The molecular formula is C17H20N6O3. The third-order valence-corrected chi connectivity index (χ3v) is 4.00. The molecule has 0 saturated carbocycles. The van der Waals surface area contributed by atoms with Crippen LogP contribution < -0.4 is 21.3 Å². The van der Waals surface area contributed by atoms with Crippen LogP contribution in [0.15, 0.2) is 41.6 Å². The molecule has 1 saturated heterocycles. The topological polar surface area (TPSA) is 126 Å². The normalized spacial score (nSPS) is 14.3. The molecule has 0 aromatic carbocycles. The molecule has 0 atom stereocenters. The highest BCUT2D eigenvalue weighted by molar-refractivity contribution is 5.88. The number of H-pyrrole nitrogens is 1. The average Bonchev–Trinajstić information content (AvgIpc) is 2.63. The fraction of sp³-hybridized carbons (Fsp3) is 0.294. The van der Waals surface area contributed by atoms with E-state index in [4.69, 9.17) is 10.5 Å². The number of nitrogens with one attached hydrogen (secondary N) is 2. The second-order valence-electron chi connectivity index (χ2n) is 5.80. The van der Waals surface area contributed by atoms with Crippen molar-refractivity contribution in [2.75, 3.05) is 32.1 Å². The molecule has 0 radical (unpaired) electrons. The quantitative estimate of drug-likeness (QED) is 0.621. The summed E-state index contributed by atoms with van der Waals surface area (Å²) in [6, 6.07) is 3.42. The third kappa shape index (κ3) is 3.89. The summed E-state index contributed by atoms with van der Waals surface area (Å²) in [6.45, 7) is 1.38. The SMILES string of the molecule is COc1cc(-c2c[nH]c(=O)c(NC3CN(C(=O)C=CCN)C3)c2)ncn1. The van der Waals surface area contributed by atoms with Gasteiger partial charge in [-0.05, 0) is 6.07 Å². The molecule has 0 bridgehead atoms. The van der Waals surface area contributed by atoms with E-state index >= 15 is 0 Å². The van der Waals surface area contributed by atoms with Gasteiger partial charge in [-0.1, -0.05) is 6.08 Å². The number of aromatic amines is 1. The van der Waals surface area contributed by atoms with Gasteiger partial charge in [0.25, 0.3) is 5.56 Å². The van der Waals surface area contributed by atoms with Gasteiger partial charge in [0.1, 0.15) is 12.0 Å². The minimum Gasteiger partial charge on any atom is -0.481 e. The molecule has 3 rings (SSSR count). The molecule has 1 aliphatic heterocycles. The van der Waals surface area contributed by atoms with E-state index in [9.17, 15) is 9.59 Å². The number of methoxy groups -OCH3 is 1. The Hall–Kier alpha value is -3.20. The second-order valence-corrected chi connectivity index (χ2v) is 5.80. The van der Waals surface area contributed by atoms with Crippen LogP contribution in [0.3, 0.4) is 0 Å². The first kappa shape index (κ1) is 17.6. The van der Waals surface area contributed by atoms with Crippen molar-refractivity contribution in [1.82, 2.24) is 19.9 Å². The maximum Gasteiger partial charge on any atom is 0.271 e. The number of rotatable bonds is 6. The number of hydrogen-bond acceptors (Lipinski definition) is 7. The Kier molecular flexibility index (Phi) is 5.28. The van der Waals surface area contributed by atoms with Crippen LogP contribution in [0, 0.1) is 0 Å². The van der Waals surface area contributed by atoms with Gasteiger partial charge in [0, 0.05) is 43.5 Å². The number of anilines is 1. The largest absolute Gasteiger partial charge is 0.481 e. The number of hydrogen-bond donors (Lipinski definition) is 3. The molecule has 0 aliphatic carbocycles. The van der Waals surface area contributed by atoms with E-state index in [1.54, 1.807) is 29.3 Å². The summed E-state index contributed by atoms with van der Waals surface area (Å²) in [5.41, 5.74) is 6.89. The molecule has 2 aromatic rings. The van der Waals surface area contributed by atoms with E-state index in [-0.39, 0.29) is 17.5 Å². The maximum atomic E-state index is 12.1. The first-order valence-corrected chi connectivity index (χ1v) is 8.12. The van der Waals surface area contributed by atoms with Gasteiger partial charge in [-0.3, -0.25) is 9.59 Å². The predicted octanol–water partition coefficient (Wildman–Crippen LogP) is -0.0219. The predicted molar refractivity (Wildman–Crippen MR) is 96.8 cm³/mol. The molecule has 0 unspecified atom stereocenters. The van der Waals surface area contributed by atoms with Gasteiger partial charge in [0.05, 0.1) is 18.8 Å². The van der Waals surface area contributed by atoms with Crippen molar-refractivity contribution in [3.63, 3.8) is 0 Å². The second kappa shape index (κ2) is 7.79. The van der Waals surface area contributed by atoms with E-state index in [2.05, 4.69) is 20.3 Å². The lowest BCUT2D eigenvalue weighted by Gasteiger charge is -2.39. The fourth-order valence-electron chi connectivity index (χ4n) is 2.59.